The molecule has 5 nitrogen and oxygen atoms in total. The first kappa shape index (κ1) is 18.3. The van der Waals surface area contributed by atoms with Gasteiger partial charge in [-0.05, 0) is 42.0 Å². The Balaban J connectivity index is 1.62. The molecule has 0 unspecified atom stereocenters. The predicted octanol–water partition coefficient (Wildman–Crippen LogP) is 3.99. The topological polar surface area (TPSA) is 66.8 Å². The normalized spacial score (nSPS) is 19.3. The van der Waals surface area contributed by atoms with Crippen molar-refractivity contribution in [3.63, 3.8) is 0 Å². The number of nitrogens with zero attached hydrogens (tertiary/aromatic N) is 1. The number of ether oxygens (including phenoxy) is 1. The Morgan fingerprint density at radius 2 is 1.77 bits per heavy atom. The minimum absolute atomic E-state index is 0.0709. The van der Waals surface area contributed by atoms with Gasteiger partial charge in [0.15, 0.2) is 0 Å². The molecule has 1 aliphatic heterocycles. The molecule has 1 N–H and O–H groups in total. The van der Waals surface area contributed by atoms with Crippen LogP contribution in [0.15, 0.2) is 54.6 Å². The van der Waals surface area contributed by atoms with Crippen molar-refractivity contribution in [2.75, 3.05) is 6.54 Å². The number of carbonyl (C=O) groups excluding carboxylic acids is 1. The van der Waals surface area contributed by atoms with Crippen molar-refractivity contribution < 1.29 is 19.4 Å². The zero-order valence-corrected chi connectivity index (χ0v) is 14.9. The van der Waals surface area contributed by atoms with Crippen LogP contribution in [0.25, 0.3) is 0 Å². The molecule has 6 heteroatoms. The molecular formula is C20H20ClNO4. The van der Waals surface area contributed by atoms with Gasteiger partial charge in [0.05, 0.1) is 0 Å². The number of carbonyl (C=O) groups is 2. The van der Waals surface area contributed by atoms with Gasteiger partial charge in [0.2, 0.25) is 0 Å². The third-order valence-corrected chi connectivity index (χ3v) is 4.80. The monoisotopic (exact) mass is 373 g/mol. The van der Waals surface area contributed by atoms with E-state index in [0.717, 1.165) is 11.1 Å². The second-order valence-electron chi connectivity index (χ2n) is 6.48. The molecule has 2 aromatic carbocycles. The molecule has 1 saturated heterocycles. The maximum absolute atomic E-state index is 12.4. The Morgan fingerprint density at radius 1 is 1.08 bits per heavy atom. The number of hydrogen-bond donors (Lipinski definition) is 1. The number of hydrogen-bond acceptors (Lipinski definition) is 3. The van der Waals surface area contributed by atoms with E-state index in [2.05, 4.69) is 0 Å². The molecule has 1 amide bonds. The van der Waals surface area contributed by atoms with Gasteiger partial charge in [-0.25, -0.2) is 9.59 Å². The third kappa shape index (κ3) is 4.55. The Morgan fingerprint density at radius 3 is 2.42 bits per heavy atom. The summed E-state index contributed by atoms with van der Waals surface area (Å²) in [7, 11) is 0. The van der Waals surface area contributed by atoms with Crippen LogP contribution in [-0.2, 0) is 22.6 Å². The molecule has 1 fully saturated rings. The Hall–Kier alpha value is -2.53. The van der Waals surface area contributed by atoms with Crippen LogP contribution in [0.3, 0.4) is 0 Å². The molecule has 0 aromatic heterocycles. The first-order valence-electron chi connectivity index (χ1n) is 8.47. The molecular weight excluding hydrogens is 354 g/mol. The predicted molar refractivity (Wildman–Crippen MR) is 98.0 cm³/mol. The number of carboxylic acid groups (broad SMARTS) is 1. The highest BCUT2D eigenvalue weighted by atomic mass is 35.5. The maximum atomic E-state index is 12.4. The number of halogens is 1. The van der Waals surface area contributed by atoms with Crippen molar-refractivity contribution in [1.29, 1.82) is 0 Å². The Kier molecular flexibility index (Phi) is 5.78. The Bertz CT molecular complexity index is 763. The number of aliphatic carboxylic acids is 1. The van der Waals surface area contributed by atoms with E-state index < -0.39 is 18.1 Å². The van der Waals surface area contributed by atoms with Gasteiger partial charge in [0.1, 0.15) is 12.6 Å². The van der Waals surface area contributed by atoms with E-state index in [1.165, 1.54) is 4.90 Å². The van der Waals surface area contributed by atoms with E-state index in [4.69, 9.17) is 16.3 Å². The third-order valence-electron chi connectivity index (χ3n) is 4.55. The van der Waals surface area contributed by atoms with Gasteiger partial charge in [-0.1, -0.05) is 54.1 Å². The van der Waals surface area contributed by atoms with Gasteiger partial charge in [-0.2, -0.15) is 0 Å². The van der Waals surface area contributed by atoms with Crippen LogP contribution in [0.5, 0.6) is 0 Å². The molecule has 1 heterocycles. The van der Waals surface area contributed by atoms with Gasteiger partial charge in [0.25, 0.3) is 0 Å². The SMILES string of the molecule is O=C(O)[C@@H]1C[C@H](Cc2ccc(Cl)cc2)CN1C(=O)OCc1ccccc1. The molecule has 0 aliphatic carbocycles. The number of likely N-dealkylation sites (tertiary alicyclic amines) is 1. The van der Waals surface area contributed by atoms with Crippen LogP contribution in [0.2, 0.25) is 5.02 Å². The van der Waals surface area contributed by atoms with E-state index >= 15 is 0 Å². The van der Waals surface area contributed by atoms with Crippen LogP contribution in [0.1, 0.15) is 17.5 Å². The fourth-order valence-corrected chi connectivity index (χ4v) is 3.39. The molecule has 0 saturated carbocycles. The zero-order chi connectivity index (χ0) is 18.5. The fourth-order valence-electron chi connectivity index (χ4n) is 3.26. The lowest BCUT2D eigenvalue weighted by Crippen LogP contribution is -2.40. The van der Waals surface area contributed by atoms with Crippen LogP contribution in [0, 0.1) is 5.92 Å². The molecule has 2 atom stereocenters. The van der Waals surface area contributed by atoms with Gasteiger partial charge in [-0.15, -0.1) is 0 Å². The molecule has 0 bridgehead atoms. The van der Waals surface area contributed by atoms with E-state index in [1.807, 2.05) is 54.6 Å². The summed E-state index contributed by atoms with van der Waals surface area (Å²) in [6.07, 6.45) is 0.529. The summed E-state index contributed by atoms with van der Waals surface area (Å²) in [4.78, 5) is 25.3. The van der Waals surface area contributed by atoms with E-state index in [0.29, 0.717) is 24.4 Å². The lowest BCUT2D eigenvalue weighted by atomic mass is 9.97. The number of carboxylic acids is 1. The average molecular weight is 374 g/mol. The van der Waals surface area contributed by atoms with Gasteiger partial charge < -0.3 is 9.84 Å². The molecule has 2 aromatic rings. The zero-order valence-electron chi connectivity index (χ0n) is 14.2. The highest BCUT2D eigenvalue weighted by Gasteiger charge is 2.40. The highest BCUT2D eigenvalue weighted by molar-refractivity contribution is 6.30. The van der Waals surface area contributed by atoms with Crippen molar-refractivity contribution in [3.05, 3.63) is 70.7 Å². The summed E-state index contributed by atoms with van der Waals surface area (Å²) >= 11 is 5.90. The first-order chi connectivity index (χ1) is 12.5. The molecule has 3 rings (SSSR count). The molecule has 0 spiro atoms. The first-order valence-corrected chi connectivity index (χ1v) is 8.85. The minimum atomic E-state index is -1.000. The fraction of sp³-hybridized carbons (Fsp3) is 0.300. The summed E-state index contributed by atoms with van der Waals surface area (Å²) < 4.78 is 5.31. The van der Waals surface area contributed by atoms with Crippen molar-refractivity contribution in [1.82, 2.24) is 4.90 Å². The van der Waals surface area contributed by atoms with Crippen molar-refractivity contribution >= 4 is 23.7 Å². The highest BCUT2D eigenvalue weighted by Crippen LogP contribution is 2.28. The smallest absolute Gasteiger partial charge is 0.410 e. The minimum Gasteiger partial charge on any atom is -0.480 e. The lowest BCUT2D eigenvalue weighted by Gasteiger charge is -2.21. The summed E-state index contributed by atoms with van der Waals surface area (Å²) in [5.41, 5.74) is 1.94. The largest absolute Gasteiger partial charge is 0.480 e. The van der Waals surface area contributed by atoms with Crippen molar-refractivity contribution in [2.45, 2.75) is 25.5 Å². The standard InChI is InChI=1S/C20H20ClNO4/c21-17-8-6-14(7-9-17)10-16-11-18(19(23)24)22(12-16)20(25)26-13-15-4-2-1-3-5-15/h1-9,16,18H,10-13H2,(H,23,24)/t16-,18-/m0/s1. The molecule has 1 aliphatic rings. The van der Waals surface area contributed by atoms with Crippen LogP contribution in [0.4, 0.5) is 4.79 Å². The average Bonchev–Trinajstić information content (AvgIpc) is 3.07. The number of amides is 1. The molecule has 136 valence electrons. The Labute approximate surface area is 157 Å². The van der Waals surface area contributed by atoms with Crippen LogP contribution >= 0.6 is 11.6 Å². The van der Waals surface area contributed by atoms with Gasteiger partial charge >= 0.3 is 12.1 Å². The van der Waals surface area contributed by atoms with E-state index in [-0.39, 0.29) is 12.5 Å². The summed E-state index contributed by atoms with van der Waals surface area (Å²) in [6.45, 7) is 0.498. The second kappa shape index (κ2) is 8.23. The summed E-state index contributed by atoms with van der Waals surface area (Å²) in [5.74, 6) is -0.929. The van der Waals surface area contributed by atoms with Crippen molar-refractivity contribution in [3.8, 4) is 0 Å². The van der Waals surface area contributed by atoms with Crippen molar-refractivity contribution in [2.24, 2.45) is 5.92 Å². The summed E-state index contributed by atoms with van der Waals surface area (Å²) in [5, 5.41) is 10.1. The van der Waals surface area contributed by atoms with Gasteiger partial charge in [0, 0.05) is 11.6 Å². The second-order valence-corrected chi connectivity index (χ2v) is 6.92. The lowest BCUT2D eigenvalue weighted by molar-refractivity contribution is -0.141. The number of benzene rings is 2. The maximum Gasteiger partial charge on any atom is 0.410 e. The van der Waals surface area contributed by atoms with Crippen LogP contribution < -0.4 is 0 Å². The quantitative estimate of drug-likeness (QED) is 0.860. The molecule has 0 radical (unpaired) electrons. The summed E-state index contributed by atoms with van der Waals surface area (Å²) in [6, 6.07) is 15.9. The van der Waals surface area contributed by atoms with Crippen LogP contribution in [-0.4, -0.2) is 34.7 Å². The molecule has 26 heavy (non-hydrogen) atoms. The van der Waals surface area contributed by atoms with E-state index in [9.17, 15) is 14.7 Å². The number of rotatable bonds is 5. The van der Waals surface area contributed by atoms with E-state index in [1.54, 1.807) is 0 Å². The van der Waals surface area contributed by atoms with Gasteiger partial charge in [-0.3, -0.25) is 4.90 Å².